The zero-order valence-electron chi connectivity index (χ0n) is 13.1. The predicted octanol–water partition coefficient (Wildman–Crippen LogP) is 6.18. The third-order valence-corrected chi connectivity index (χ3v) is 4.19. The second-order valence-corrected chi connectivity index (χ2v) is 6.12. The van der Waals surface area contributed by atoms with Gasteiger partial charge in [0.05, 0.1) is 10.0 Å². The SMILES string of the molecule is O=Cc1ccc(OCc2cccc(Oc3ccc(Cl)c(Cl)c3)c2)cc1. The molecule has 0 saturated heterocycles. The monoisotopic (exact) mass is 372 g/mol. The van der Waals surface area contributed by atoms with Gasteiger partial charge in [0.1, 0.15) is 30.1 Å². The number of aldehydes is 1. The van der Waals surface area contributed by atoms with E-state index in [0.717, 1.165) is 11.8 Å². The number of carbonyl (C=O) groups excluding carboxylic acids is 1. The van der Waals surface area contributed by atoms with Gasteiger partial charge in [-0.05, 0) is 54.1 Å². The van der Waals surface area contributed by atoms with Crippen LogP contribution in [0.3, 0.4) is 0 Å². The Morgan fingerprint density at radius 3 is 2.24 bits per heavy atom. The van der Waals surface area contributed by atoms with Crippen molar-refractivity contribution in [3.8, 4) is 17.2 Å². The summed E-state index contributed by atoms with van der Waals surface area (Å²) in [7, 11) is 0. The highest BCUT2D eigenvalue weighted by Gasteiger charge is 2.04. The highest BCUT2D eigenvalue weighted by Crippen LogP contribution is 2.29. The molecule has 3 rings (SSSR count). The number of carbonyl (C=O) groups is 1. The van der Waals surface area contributed by atoms with Crippen molar-refractivity contribution in [1.82, 2.24) is 0 Å². The van der Waals surface area contributed by atoms with Crippen LogP contribution >= 0.6 is 23.2 Å². The molecule has 0 saturated carbocycles. The minimum absolute atomic E-state index is 0.388. The standard InChI is InChI=1S/C20H14Cl2O3/c21-19-9-8-18(11-20(19)22)25-17-3-1-2-15(10-17)13-24-16-6-4-14(12-23)5-7-16/h1-12H,13H2. The molecule has 0 spiro atoms. The fourth-order valence-corrected chi connectivity index (χ4v) is 2.47. The first-order chi connectivity index (χ1) is 12.1. The molecule has 0 aromatic heterocycles. The molecule has 0 N–H and O–H groups in total. The van der Waals surface area contributed by atoms with Gasteiger partial charge in [0.25, 0.3) is 0 Å². The third kappa shape index (κ3) is 4.75. The van der Waals surface area contributed by atoms with Crippen LogP contribution < -0.4 is 9.47 Å². The first-order valence-electron chi connectivity index (χ1n) is 7.54. The van der Waals surface area contributed by atoms with Gasteiger partial charge in [0.15, 0.2) is 0 Å². The van der Waals surface area contributed by atoms with Gasteiger partial charge in [-0.2, -0.15) is 0 Å². The highest BCUT2D eigenvalue weighted by molar-refractivity contribution is 6.42. The summed E-state index contributed by atoms with van der Waals surface area (Å²) in [5.41, 5.74) is 1.57. The van der Waals surface area contributed by atoms with E-state index in [0.29, 0.717) is 39.5 Å². The first kappa shape index (κ1) is 17.3. The smallest absolute Gasteiger partial charge is 0.150 e. The molecule has 0 bridgehead atoms. The summed E-state index contributed by atoms with van der Waals surface area (Å²) in [6.45, 7) is 0.388. The summed E-state index contributed by atoms with van der Waals surface area (Å²) < 4.78 is 11.5. The molecule has 25 heavy (non-hydrogen) atoms. The maximum absolute atomic E-state index is 10.7. The number of rotatable bonds is 6. The minimum Gasteiger partial charge on any atom is -0.489 e. The van der Waals surface area contributed by atoms with E-state index in [2.05, 4.69) is 0 Å². The van der Waals surface area contributed by atoms with Gasteiger partial charge in [-0.3, -0.25) is 4.79 Å². The average molecular weight is 373 g/mol. The zero-order chi connectivity index (χ0) is 17.6. The first-order valence-corrected chi connectivity index (χ1v) is 8.29. The maximum Gasteiger partial charge on any atom is 0.150 e. The Morgan fingerprint density at radius 1 is 0.800 bits per heavy atom. The van der Waals surface area contributed by atoms with Crippen molar-refractivity contribution < 1.29 is 14.3 Å². The molecule has 0 amide bonds. The quantitative estimate of drug-likeness (QED) is 0.484. The molecule has 0 aliphatic heterocycles. The zero-order valence-corrected chi connectivity index (χ0v) is 14.6. The van der Waals surface area contributed by atoms with Crippen LogP contribution in [0.5, 0.6) is 17.2 Å². The molecule has 3 nitrogen and oxygen atoms in total. The molecular weight excluding hydrogens is 359 g/mol. The van der Waals surface area contributed by atoms with E-state index in [4.69, 9.17) is 32.7 Å². The van der Waals surface area contributed by atoms with E-state index in [1.54, 1.807) is 42.5 Å². The molecule has 0 fully saturated rings. The van der Waals surface area contributed by atoms with Crippen LogP contribution in [0.1, 0.15) is 15.9 Å². The molecule has 0 radical (unpaired) electrons. The number of hydrogen-bond donors (Lipinski definition) is 0. The van der Waals surface area contributed by atoms with Crippen molar-refractivity contribution >= 4 is 29.5 Å². The van der Waals surface area contributed by atoms with Crippen LogP contribution in [0.25, 0.3) is 0 Å². The van der Waals surface area contributed by atoms with Crippen molar-refractivity contribution in [1.29, 1.82) is 0 Å². The van der Waals surface area contributed by atoms with Gasteiger partial charge in [0, 0.05) is 11.6 Å². The summed E-state index contributed by atoms with van der Waals surface area (Å²) in [5, 5.41) is 0.925. The summed E-state index contributed by atoms with van der Waals surface area (Å²) in [6.07, 6.45) is 0.799. The topological polar surface area (TPSA) is 35.5 Å². The third-order valence-electron chi connectivity index (χ3n) is 3.45. The molecule has 3 aromatic rings. The van der Waals surface area contributed by atoms with Gasteiger partial charge in [-0.25, -0.2) is 0 Å². The summed E-state index contributed by atoms with van der Waals surface area (Å²) in [6, 6.07) is 19.6. The molecule has 0 atom stereocenters. The molecular formula is C20H14Cl2O3. The lowest BCUT2D eigenvalue weighted by Crippen LogP contribution is -1.96. The van der Waals surface area contributed by atoms with Crippen LogP contribution in [0.15, 0.2) is 66.7 Å². The Hall–Kier alpha value is -2.49. The second kappa shape index (κ2) is 8.06. The highest BCUT2D eigenvalue weighted by atomic mass is 35.5. The van der Waals surface area contributed by atoms with Crippen molar-refractivity contribution in [2.45, 2.75) is 6.61 Å². The number of benzene rings is 3. The van der Waals surface area contributed by atoms with Gasteiger partial charge >= 0.3 is 0 Å². The lowest BCUT2D eigenvalue weighted by Gasteiger charge is -2.10. The fourth-order valence-electron chi connectivity index (χ4n) is 2.18. The Kier molecular flexibility index (Phi) is 5.59. The molecule has 0 aliphatic carbocycles. The van der Waals surface area contributed by atoms with Crippen molar-refractivity contribution in [3.63, 3.8) is 0 Å². The van der Waals surface area contributed by atoms with Gasteiger partial charge in [-0.1, -0.05) is 35.3 Å². The summed E-state index contributed by atoms with van der Waals surface area (Å²) >= 11 is 11.9. The fraction of sp³-hybridized carbons (Fsp3) is 0.0500. The Morgan fingerprint density at radius 2 is 1.52 bits per heavy atom. The van der Waals surface area contributed by atoms with Gasteiger partial charge in [0.2, 0.25) is 0 Å². The normalized spacial score (nSPS) is 10.3. The maximum atomic E-state index is 10.7. The molecule has 5 heteroatoms. The van der Waals surface area contributed by atoms with Crippen LogP contribution in [-0.4, -0.2) is 6.29 Å². The Bertz CT molecular complexity index is 876. The van der Waals surface area contributed by atoms with Crippen LogP contribution in [0, 0.1) is 0 Å². The van der Waals surface area contributed by atoms with E-state index in [1.807, 2.05) is 24.3 Å². The molecule has 0 aliphatic rings. The van der Waals surface area contributed by atoms with Crippen molar-refractivity contribution in [3.05, 3.63) is 87.9 Å². The molecule has 0 heterocycles. The summed E-state index contributed by atoms with van der Waals surface area (Å²) in [5.74, 6) is 1.98. The van der Waals surface area contributed by atoms with Crippen LogP contribution in [0.2, 0.25) is 10.0 Å². The van der Waals surface area contributed by atoms with Crippen LogP contribution in [0.4, 0.5) is 0 Å². The van der Waals surface area contributed by atoms with E-state index >= 15 is 0 Å². The molecule has 0 unspecified atom stereocenters. The lowest BCUT2D eigenvalue weighted by molar-refractivity contribution is 0.112. The lowest BCUT2D eigenvalue weighted by atomic mass is 10.2. The number of hydrogen-bond acceptors (Lipinski definition) is 3. The van der Waals surface area contributed by atoms with E-state index in [1.165, 1.54) is 0 Å². The Labute approximate surface area is 155 Å². The Balaban J connectivity index is 1.66. The van der Waals surface area contributed by atoms with Crippen molar-refractivity contribution in [2.24, 2.45) is 0 Å². The second-order valence-electron chi connectivity index (χ2n) is 5.30. The van der Waals surface area contributed by atoms with E-state index in [-0.39, 0.29) is 0 Å². The molecule has 3 aromatic carbocycles. The summed E-state index contributed by atoms with van der Waals surface area (Å²) in [4.78, 5) is 10.7. The number of ether oxygens (including phenoxy) is 2. The number of halogens is 2. The minimum atomic E-state index is 0.388. The molecule has 126 valence electrons. The van der Waals surface area contributed by atoms with E-state index < -0.39 is 0 Å². The van der Waals surface area contributed by atoms with Gasteiger partial charge in [-0.15, -0.1) is 0 Å². The van der Waals surface area contributed by atoms with Crippen molar-refractivity contribution in [2.75, 3.05) is 0 Å². The predicted molar refractivity (Wildman–Crippen MR) is 99.1 cm³/mol. The largest absolute Gasteiger partial charge is 0.489 e. The van der Waals surface area contributed by atoms with E-state index in [9.17, 15) is 4.79 Å². The average Bonchev–Trinajstić information content (AvgIpc) is 2.64. The van der Waals surface area contributed by atoms with Crippen LogP contribution in [-0.2, 0) is 6.61 Å². The van der Waals surface area contributed by atoms with Gasteiger partial charge < -0.3 is 9.47 Å².